The van der Waals surface area contributed by atoms with Crippen LogP contribution in [0, 0.1) is 11.3 Å². The SMILES string of the molecule is COc1ccc(N(CC(=O)Nc2cccc(C#N)c2)C(C)=O)cc1Cl. The molecule has 128 valence electrons. The number of ether oxygens (including phenoxy) is 1. The largest absolute Gasteiger partial charge is 0.495 e. The van der Waals surface area contributed by atoms with Gasteiger partial charge in [0.2, 0.25) is 11.8 Å². The second-order valence-corrected chi connectivity index (χ2v) is 5.57. The summed E-state index contributed by atoms with van der Waals surface area (Å²) in [6.07, 6.45) is 0. The third-order valence-corrected chi connectivity index (χ3v) is 3.70. The van der Waals surface area contributed by atoms with Crippen LogP contribution in [0.15, 0.2) is 42.5 Å². The lowest BCUT2D eigenvalue weighted by atomic mass is 10.2. The molecular weight excluding hydrogens is 342 g/mol. The molecule has 2 aromatic carbocycles. The van der Waals surface area contributed by atoms with Gasteiger partial charge in [0, 0.05) is 18.3 Å². The summed E-state index contributed by atoms with van der Waals surface area (Å²) in [5.74, 6) is -0.217. The standard InChI is InChI=1S/C18H16ClN3O3/c1-12(23)22(15-6-7-17(25-2)16(19)9-15)11-18(24)21-14-5-3-4-13(8-14)10-20/h3-9H,11H2,1-2H3,(H,21,24). The van der Waals surface area contributed by atoms with Gasteiger partial charge in [-0.3, -0.25) is 9.59 Å². The summed E-state index contributed by atoms with van der Waals surface area (Å²) < 4.78 is 5.08. The molecule has 0 radical (unpaired) electrons. The third kappa shape index (κ3) is 4.72. The molecule has 0 aliphatic heterocycles. The summed E-state index contributed by atoms with van der Waals surface area (Å²) >= 11 is 6.08. The summed E-state index contributed by atoms with van der Waals surface area (Å²) in [5.41, 5.74) is 1.41. The summed E-state index contributed by atoms with van der Waals surface area (Å²) in [4.78, 5) is 25.5. The molecule has 0 fully saturated rings. The molecule has 0 saturated carbocycles. The lowest BCUT2D eigenvalue weighted by Gasteiger charge is -2.21. The minimum Gasteiger partial charge on any atom is -0.495 e. The minimum absolute atomic E-state index is 0.186. The highest BCUT2D eigenvalue weighted by Gasteiger charge is 2.17. The first-order valence-corrected chi connectivity index (χ1v) is 7.74. The molecule has 0 spiro atoms. The van der Waals surface area contributed by atoms with Crippen molar-refractivity contribution in [2.24, 2.45) is 0 Å². The monoisotopic (exact) mass is 357 g/mol. The van der Waals surface area contributed by atoms with Crippen LogP contribution in [0.5, 0.6) is 5.75 Å². The molecule has 7 heteroatoms. The Labute approximate surface area is 150 Å². The predicted octanol–water partition coefficient (Wildman–Crippen LogP) is 3.21. The van der Waals surface area contributed by atoms with Gasteiger partial charge >= 0.3 is 0 Å². The highest BCUT2D eigenvalue weighted by Crippen LogP contribution is 2.29. The molecule has 0 aliphatic rings. The van der Waals surface area contributed by atoms with Gasteiger partial charge in [-0.1, -0.05) is 17.7 Å². The van der Waals surface area contributed by atoms with Gasteiger partial charge in [-0.25, -0.2) is 0 Å². The van der Waals surface area contributed by atoms with Gasteiger partial charge in [-0.15, -0.1) is 0 Å². The summed E-state index contributed by atoms with van der Waals surface area (Å²) in [7, 11) is 1.49. The van der Waals surface area contributed by atoms with Crippen LogP contribution in [0.2, 0.25) is 5.02 Å². The van der Waals surface area contributed by atoms with E-state index in [0.29, 0.717) is 27.7 Å². The number of nitriles is 1. The van der Waals surface area contributed by atoms with Crippen molar-refractivity contribution in [1.82, 2.24) is 0 Å². The first kappa shape index (κ1) is 18.3. The quantitative estimate of drug-likeness (QED) is 0.890. The molecule has 6 nitrogen and oxygen atoms in total. The van der Waals surface area contributed by atoms with Crippen molar-refractivity contribution in [3.63, 3.8) is 0 Å². The lowest BCUT2D eigenvalue weighted by Crippen LogP contribution is -2.36. The third-order valence-electron chi connectivity index (χ3n) is 3.40. The summed E-state index contributed by atoms with van der Waals surface area (Å²) in [6, 6.07) is 13.4. The van der Waals surface area contributed by atoms with E-state index in [1.165, 1.54) is 18.9 Å². The number of hydrogen-bond donors (Lipinski definition) is 1. The van der Waals surface area contributed by atoms with Crippen molar-refractivity contribution in [3.05, 3.63) is 53.1 Å². The van der Waals surface area contributed by atoms with Crippen molar-refractivity contribution < 1.29 is 14.3 Å². The Balaban J connectivity index is 2.16. The molecular formula is C18H16ClN3O3. The average molecular weight is 358 g/mol. The van der Waals surface area contributed by atoms with E-state index < -0.39 is 5.91 Å². The van der Waals surface area contributed by atoms with E-state index in [0.717, 1.165) is 0 Å². The second kappa shape index (κ2) is 8.18. The fraction of sp³-hybridized carbons (Fsp3) is 0.167. The van der Waals surface area contributed by atoms with Crippen LogP contribution in [0.1, 0.15) is 12.5 Å². The smallest absolute Gasteiger partial charge is 0.244 e. The molecule has 1 N–H and O–H groups in total. The van der Waals surface area contributed by atoms with Crippen LogP contribution in [0.4, 0.5) is 11.4 Å². The number of carbonyl (C=O) groups is 2. The van der Waals surface area contributed by atoms with Gasteiger partial charge < -0.3 is 15.0 Å². The van der Waals surface area contributed by atoms with E-state index in [9.17, 15) is 9.59 Å². The second-order valence-electron chi connectivity index (χ2n) is 5.16. The first-order chi connectivity index (χ1) is 11.9. The number of amides is 2. The van der Waals surface area contributed by atoms with Crippen molar-refractivity contribution in [3.8, 4) is 11.8 Å². The number of rotatable bonds is 5. The number of halogens is 1. The zero-order valence-electron chi connectivity index (χ0n) is 13.7. The van der Waals surface area contributed by atoms with E-state index in [1.807, 2.05) is 6.07 Å². The molecule has 25 heavy (non-hydrogen) atoms. The number of nitrogens with zero attached hydrogens (tertiary/aromatic N) is 2. The maximum Gasteiger partial charge on any atom is 0.244 e. The van der Waals surface area contributed by atoms with E-state index in [1.54, 1.807) is 42.5 Å². The van der Waals surface area contributed by atoms with Crippen LogP contribution in [-0.2, 0) is 9.59 Å². The number of hydrogen-bond acceptors (Lipinski definition) is 4. The summed E-state index contributed by atoms with van der Waals surface area (Å²) in [5, 5.41) is 11.9. The number of nitrogens with one attached hydrogen (secondary N) is 1. The van der Waals surface area contributed by atoms with Gasteiger partial charge in [-0.05, 0) is 36.4 Å². The Morgan fingerprint density at radius 3 is 2.64 bits per heavy atom. The van der Waals surface area contributed by atoms with Crippen LogP contribution in [-0.4, -0.2) is 25.5 Å². The van der Waals surface area contributed by atoms with Gasteiger partial charge in [0.15, 0.2) is 0 Å². The van der Waals surface area contributed by atoms with Crippen molar-refractivity contribution in [2.75, 3.05) is 23.9 Å². The molecule has 0 bridgehead atoms. The Bertz CT molecular complexity index is 846. The van der Waals surface area contributed by atoms with Crippen molar-refractivity contribution in [2.45, 2.75) is 6.92 Å². The van der Waals surface area contributed by atoms with Crippen LogP contribution >= 0.6 is 11.6 Å². The van der Waals surface area contributed by atoms with Crippen LogP contribution in [0.25, 0.3) is 0 Å². The highest BCUT2D eigenvalue weighted by molar-refractivity contribution is 6.32. The summed E-state index contributed by atoms with van der Waals surface area (Å²) in [6.45, 7) is 1.18. The minimum atomic E-state index is -0.391. The number of carbonyl (C=O) groups excluding carboxylic acids is 2. The normalized spacial score (nSPS) is 9.84. The molecule has 0 aromatic heterocycles. The van der Waals surface area contributed by atoms with E-state index in [4.69, 9.17) is 21.6 Å². The average Bonchev–Trinajstić information content (AvgIpc) is 2.59. The molecule has 2 aromatic rings. The Kier molecular flexibility index (Phi) is 5.98. The fourth-order valence-corrected chi connectivity index (χ4v) is 2.47. The van der Waals surface area contributed by atoms with Gasteiger partial charge in [0.1, 0.15) is 12.3 Å². The Morgan fingerprint density at radius 1 is 1.28 bits per heavy atom. The topological polar surface area (TPSA) is 82.4 Å². The highest BCUT2D eigenvalue weighted by atomic mass is 35.5. The van der Waals surface area contributed by atoms with Crippen molar-refractivity contribution >= 4 is 34.8 Å². The number of benzene rings is 2. The Morgan fingerprint density at radius 2 is 2.04 bits per heavy atom. The van der Waals surface area contributed by atoms with Crippen LogP contribution < -0.4 is 15.0 Å². The molecule has 2 amide bonds. The maximum absolute atomic E-state index is 12.3. The molecule has 0 saturated heterocycles. The first-order valence-electron chi connectivity index (χ1n) is 7.36. The fourth-order valence-electron chi connectivity index (χ4n) is 2.22. The molecule has 0 aliphatic carbocycles. The van der Waals surface area contributed by atoms with E-state index >= 15 is 0 Å². The lowest BCUT2D eigenvalue weighted by molar-refractivity contribution is -0.120. The van der Waals surface area contributed by atoms with Gasteiger partial charge in [-0.2, -0.15) is 5.26 Å². The Hall–Kier alpha value is -3.04. The van der Waals surface area contributed by atoms with Crippen LogP contribution in [0.3, 0.4) is 0 Å². The zero-order valence-corrected chi connectivity index (χ0v) is 14.5. The van der Waals surface area contributed by atoms with E-state index in [2.05, 4.69) is 5.32 Å². The number of methoxy groups -OCH3 is 1. The molecule has 0 heterocycles. The number of anilines is 2. The molecule has 0 atom stereocenters. The van der Waals surface area contributed by atoms with Gasteiger partial charge in [0.05, 0.1) is 23.8 Å². The molecule has 0 unspecified atom stereocenters. The molecule has 2 rings (SSSR count). The predicted molar refractivity (Wildman–Crippen MR) is 95.8 cm³/mol. The van der Waals surface area contributed by atoms with Crippen molar-refractivity contribution in [1.29, 1.82) is 5.26 Å². The zero-order chi connectivity index (χ0) is 18.4. The van der Waals surface area contributed by atoms with Gasteiger partial charge in [0.25, 0.3) is 0 Å². The van der Waals surface area contributed by atoms with E-state index in [-0.39, 0.29) is 12.5 Å². The maximum atomic E-state index is 12.3.